The van der Waals surface area contributed by atoms with E-state index in [-0.39, 0.29) is 0 Å². The molecule has 0 atom stereocenters. The van der Waals surface area contributed by atoms with E-state index in [0.717, 1.165) is 0 Å². The molecule has 0 saturated carbocycles. The van der Waals surface area contributed by atoms with Crippen LogP contribution in [-0.2, 0) is 0 Å². The van der Waals surface area contributed by atoms with Gasteiger partial charge in [0.25, 0.3) is 0 Å². The topological polar surface area (TPSA) is 78.9 Å². The summed E-state index contributed by atoms with van der Waals surface area (Å²) in [6.07, 6.45) is 0. The lowest BCUT2D eigenvalue weighted by atomic mass is 10.1. The van der Waals surface area contributed by atoms with Gasteiger partial charge in [0.1, 0.15) is 6.07 Å². The van der Waals surface area contributed by atoms with Crippen molar-refractivity contribution in [3.05, 3.63) is 58.6 Å². The van der Waals surface area contributed by atoms with Crippen molar-refractivity contribution < 1.29 is 4.79 Å². The van der Waals surface area contributed by atoms with Crippen LogP contribution in [0.25, 0.3) is 0 Å². The molecular formula is C14H10ClN3O. The van der Waals surface area contributed by atoms with Crippen LogP contribution in [0, 0.1) is 11.3 Å². The fourth-order valence-corrected chi connectivity index (χ4v) is 1.80. The number of benzene rings is 2. The Balaban J connectivity index is 2.36. The molecule has 0 heterocycles. The second-order valence-electron chi connectivity index (χ2n) is 3.87. The highest BCUT2D eigenvalue weighted by Gasteiger charge is 2.05. The van der Waals surface area contributed by atoms with Crippen LogP contribution in [0.15, 0.2) is 42.5 Å². The minimum absolute atomic E-state index is 0.394. The molecular weight excluding hydrogens is 262 g/mol. The SMILES string of the molecule is N#Cc1ccc(Cl)cc1Nc1cccc(C(N)=O)c1. The van der Waals surface area contributed by atoms with E-state index in [4.69, 9.17) is 22.6 Å². The number of amides is 1. The van der Waals surface area contributed by atoms with Crippen molar-refractivity contribution in [2.24, 2.45) is 5.73 Å². The minimum Gasteiger partial charge on any atom is -0.366 e. The first kappa shape index (κ1) is 12.9. The van der Waals surface area contributed by atoms with Gasteiger partial charge in [-0.1, -0.05) is 17.7 Å². The fraction of sp³-hybridized carbons (Fsp3) is 0. The Bertz CT molecular complexity index is 677. The molecule has 3 N–H and O–H groups in total. The molecule has 4 nitrogen and oxygen atoms in total. The van der Waals surface area contributed by atoms with Crippen molar-refractivity contribution in [3.8, 4) is 6.07 Å². The highest BCUT2D eigenvalue weighted by atomic mass is 35.5. The summed E-state index contributed by atoms with van der Waals surface area (Å²) in [5.74, 6) is -0.504. The van der Waals surface area contributed by atoms with E-state index in [1.54, 1.807) is 42.5 Å². The van der Waals surface area contributed by atoms with Gasteiger partial charge >= 0.3 is 0 Å². The van der Waals surface area contributed by atoms with Crippen LogP contribution < -0.4 is 11.1 Å². The van der Waals surface area contributed by atoms with Gasteiger partial charge in [0.05, 0.1) is 11.3 Å². The first-order valence-corrected chi connectivity index (χ1v) is 5.84. The molecule has 94 valence electrons. The predicted molar refractivity (Wildman–Crippen MR) is 74.4 cm³/mol. The summed E-state index contributed by atoms with van der Waals surface area (Å²) in [6, 6.07) is 13.7. The first-order chi connectivity index (χ1) is 9.10. The zero-order valence-corrected chi connectivity index (χ0v) is 10.6. The maximum Gasteiger partial charge on any atom is 0.248 e. The lowest BCUT2D eigenvalue weighted by Crippen LogP contribution is -2.10. The third kappa shape index (κ3) is 3.03. The zero-order valence-electron chi connectivity index (χ0n) is 9.85. The van der Waals surface area contributed by atoms with E-state index in [9.17, 15) is 4.79 Å². The van der Waals surface area contributed by atoms with Crippen LogP contribution in [0.2, 0.25) is 5.02 Å². The quantitative estimate of drug-likeness (QED) is 0.900. The molecule has 0 fully saturated rings. The van der Waals surface area contributed by atoms with Gasteiger partial charge in [0.15, 0.2) is 0 Å². The van der Waals surface area contributed by atoms with Crippen molar-refractivity contribution >= 4 is 28.9 Å². The largest absolute Gasteiger partial charge is 0.366 e. The number of hydrogen-bond acceptors (Lipinski definition) is 3. The Labute approximate surface area is 115 Å². The maximum atomic E-state index is 11.1. The van der Waals surface area contributed by atoms with E-state index in [1.165, 1.54) is 0 Å². The highest BCUT2D eigenvalue weighted by molar-refractivity contribution is 6.30. The molecule has 0 bridgehead atoms. The lowest BCUT2D eigenvalue weighted by Gasteiger charge is -2.09. The summed E-state index contributed by atoms with van der Waals surface area (Å²) >= 11 is 5.90. The molecule has 0 radical (unpaired) electrons. The van der Waals surface area contributed by atoms with Gasteiger partial charge in [-0.15, -0.1) is 0 Å². The van der Waals surface area contributed by atoms with Crippen molar-refractivity contribution in [3.63, 3.8) is 0 Å². The second-order valence-corrected chi connectivity index (χ2v) is 4.31. The van der Waals surface area contributed by atoms with Crippen LogP contribution in [0.4, 0.5) is 11.4 Å². The van der Waals surface area contributed by atoms with Gasteiger partial charge < -0.3 is 11.1 Å². The van der Waals surface area contributed by atoms with Gasteiger partial charge in [0, 0.05) is 16.3 Å². The lowest BCUT2D eigenvalue weighted by molar-refractivity contribution is 0.100. The van der Waals surface area contributed by atoms with Crippen LogP contribution in [0.1, 0.15) is 15.9 Å². The standard InChI is InChI=1S/C14H10ClN3O/c15-11-5-4-10(8-16)13(7-11)18-12-3-1-2-9(6-12)14(17)19/h1-7,18H,(H2,17,19). The van der Waals surface area contributed by atoms with Gasteiger partial charge in [0.2, 0.25) is 5.91 Å². The van der Waals surface area contributed by atoms with Crippen LogP contribution in [-0.4, -0.2) is 5.91 Å². The number of hydrogen-bond donors (Lipinski definition) is 2. The zero-order chi connectivity index (χ0) is 13.8. The average molecular weight is 272 g/mol. The number of anilines is 2. The summed E-state index contributed by atoms with van der Waals surface area (Å²) in [7, 11) is 0. The Kier molecular flexibility index (Phi) is 3.69. The molecule has 1 amide bonds. The molecule has 2 aromatic rings. The molecule has 0 aromatic heterocycles. The third-order valence-electron chi connectivity index (χ3n) is 2.53. The molecule has 2 rings (SSSR count). The summed E-state index contributed by atoms with van der Waals surface area (Å²) in [5.41, 5.74) is 7.32. The number of nitrogens with two attached hydrogens (primary N) is 1. The second kappa shape index (κ2) is 5.42. The van der Waals surface area contributed by atoms with E-state index < -0.39 is 5.91 Å². The number of halogens is 1. The molecule has 2 aromatic carbocycles. The summed E-state index contributed by atoms with van der Waals surface area (Å²) in [4.78, 5) is 11.1. The summed E-state index contributed by atoms with van der Waals surface area (Å²) < 4.78 is 0. The smallest absolute Gasteiger partial charge is 0.248 e. The van der Waals surface area contributed by atoms with Crippen LogP contribution >= 0.6 is 11.6 Å². The van der Waals surface area contributed by atoms with Crippen LogP contribution in [0.5, 0.6) is 0 Å². The fourth-order valence-electron chi connectivity index (χ4n) is 1.62. The highest BCUT2D eigenvalue weighted by Crippen LogP contribution is 2.24. The maximum absolute atomic E-state index is 11.1. The van der Waals surface area contributed by atoms with E-state index in [2.05, 4.69) is 11.4 Å². The number of carbonyl (C=O) groups excluding carboxylic acids is 1. The van der Waals surface area contributed by atoms with E-state index in [1.807, 2.05) is 0 Å². The normalized spacial score (nSPS) is 9.68. The Hall–Kier alpha value is -2.51. The number of nitriles is 1. The number of primary amides is 1. The summed E-state index contributed by atoms with van der Waals surface area (Å²) in [5, 5.41) is 12.6. The minimum atomic E-state index is -0.504. The molecule has 0 unspecified atom stereocenters. The predicted octanol–water partition coefficient (Wildman–Crippen LogP) is 3.05. The van der Waals surface area contributed by atoms with Crippen molar-refractivity contribution in [1.29, 1.82) is 5.26 Å². The molecule has 0 aliphatic heterocycles. The Morgan fingerprint density at radius 3 is 2.74 bits per heavy atom. The third-order valence-corrected chi connectivity index (χ3v) is 2.76. The molecule has 5 heteroatoms. The first-order valence-electron chi connectivity index (χ1n) is 5.46. The molecule has 0 aliphatic rings. The number of rotatable bonds is 3. The van der Waals surface area contributed by atoms with Crippen molar-refractivity contribution in [1.82, 2.24) is 0 Å². The van der Waals surface area contributed by atoms with E-state index >= 15 is 0 Å². The van der Waals surface area contributed by atoms with E-state index in [0.29, 0.717) is 27.5 Å². The summed E-state index contributed by atoms with van der Waals surface area (Å²) in [6.45, 7) is 0. The van der Waals surface area contributed by atoms with Gasteiger partial charge in [-0.05, 0) is 36.4 Å². The Morgan fingerprint density at radius 1 is 1.26 bits per heavy atom. The van der Waals surface area contributed by atoms with Crippen LogP contribution in [0.3, 0.4) is 0 Å². The van der Waals surface area contributed by atoms with Crippen molar-refractivity contribution in [2.45, 2.75) is 0 Å². The van der Waals surface area contributed by atoms with Gasteiger partial charge in [-0.2, -0.15) is 5.26 Å². The molecule has 0 saturated heterocycles. The number of carbonyl (C=O) groups is 1. The average Bonchev–Trinajstić information content (AvgIpc) is 2.39. The number of nitrogens with one attached hydrogen (secondary N) is 1. The van der Waals surface area contributed by atoms with Gasteiger partial charge in [-0.25, -0.2) is 0 Å². The van der Waals surface area contributed by atoms with Gasteiger partial charge in [-0.3, -0.25) is 4.79 Å². The number of nitrogens with zero attached hydrogens (tertiary/aromatic N) is 1. The monoisotopic (exact) mass is 271 g/mol. The Morgan fingerprint density at radius 2 is 2.05 bits per heavy atom. The molecule has 0 spiro atoms. The molecule has 0 aliphatic carbocycles. The molecule has 19 heavy (non-hydrogen) atoms. The van der Waals surface area contributed by atoms with Crippen molar-refractivity contribution in [2.75, 3.05) is 5.32 Å².